The molecule has 2 heteroatoms. The van der Waals surface area contributed by atoms with Crippen LogP contribution >= 0.6 is 0 Å². The number of fused-ring (bicyclic) bond motifs is 3. The van der Waals surface area contributed by atoms with Gasteiger partial charge in [-0.3, -0.25) is 4.79 Å². The van der Waals surface area contributed by atoms with Gasteiger partial charge in [-0.2, -0.15) is 0 Å². The Balaban J connectivity index is 2.17. The third-order valence-corrected chi connectivity index (χ3v) is 5.14. The minimum Gasteiger partial charge on any atom is -0.340 e. The molecule has 2 aliphatic rings. The first kappa shape index (κ1) is 11.3. The van der Waals surface area contributed by atoms with Gasteiger partial charge in [0, 0.05) is 28.6 Å². The van der Waals surface area contributed by atoms with Gasteiger partial charge >= 0.3 is 0 Å². The molecule has 2 aromatic rings. The number of para-hydroxylation sites is 1. The number of carbonyl (C=O) groups is 1. The number of aromatic nitrogens is 1. The van der Waals surface area contributed by atoms with Crippen molar-refractivity contribution in [3.05, 3.63) is 35.0 Å². The van der Waals surface area contributed by atoms with Crippen LogP contribution in [0, 0.1) is 5.92 Å². The number of carbonyl (C=O) groups excluding carboxylic acids is 1. The Morgan fingerprint density at radius 3 is 2.79 bits per heavy atom. The molecule has 2 unspecified atom stereocenters. The monoisotopic (exact) mass is 253 g/mol. The van der Waals surface area contributed by atoms with Crippen LogP contribution < -0.4 is 0 Å². The van der Waals surface area contributed by atoms with Crippen molar-refractivity contribution in [1.82, 2.24) is 4.57 Å². The van der Waals surface area contributed by atoms with E-state index in [1.165, 1.54) is 47.8 Å². The number of hydrogen-bond acceptors (Lipinski definition) is 1. The molecule has 19 heavy (non-hydrogen) atoms. The molecule has 2 atom stereocenters. The van der Waals surface area contributed by atoms with Crippen LogP contribution in [-0.4, -0.2) is 10.4 Å². The van der Waals surface area contributed by atoms with Gasteiger partial charge in [-0.15, -0.1) is 0 Å². The molecular formula is C17H19NO. The number of Topliss-reactive ketones (excluding diaryl/α,β-unsaturated/α-hetero) is 1. The molecule has 0 saturated carbocycles. The predicted molar refractivity (Wildman–Crippen MR) is 76.8 cm³/mol. The molecule has 0 N–H and O–H groups in total. The van der Waals surface area contributed by atoms with E-state index in [9.17, 15) is 4.79 Å². The van der Waals surface area contributed by atoms with E-state index >= 15 is 0 Å². The SMILES string of the molecule is CC1C(=O)c2cccc3c4c(n(c23)C1C)CCCC4. The van der Waals surface area contributed by atoms with Crippen molar-refractivity contribution in [3.8, 4) is 0 Å². The van der Waals surface area contributed by atoms with Crippen molar-refractivity contribution < 1.29 is 4.79 Å². The van der Waals surface area contributed by atoms with Gasteiger partial charge < -0.3 is 4.57 Å². The second-order valence-corrected chi connectivity index (χ2v) is 6.10. The molecule has 1 aliphatic heterocycles. The van der Waals surface area contributed by atoms with E-state index in [1.807, 2.05) is 6.07 Å². The highest BCUT2D eigenvalue weighted by Gasteiger charge is 2.35. The summed E-state index contributed by atoms with van der Waals surface area (Å²) in [6.07, 6.45) is 4.92. The van der Waals surface area contributed by atoms with Gasteiger partial charge in [-0.25, -0.2) is 0 Å². The average Bonchev–Trinajstić information content (AvgIpc) is 2.78. The van der Waals surface area contributed by atoms with Gasteiger partial charge in [-0.05, 0) is 44.2 Å². The lowest BCUT2D eigenvalue weighted by atomic mass is 9.88. The zero-order valence-electron chi connectivity index (χ0n) is 11.6. The van der Waals surface area contributed by atoms with Gasteiger partial charge in [0.15, 0.2) is 5.78 Å². The number of nitrogens with zero attached hydrogens (tertiary/aromatic N) is 1. The number of hydrogen-bond donors (Lipinski definition) is 0. The molecule has 0 bridgehead atoms. The van der Waals surface area contributed by atoms with Crippen molar-refractivity contribution in [2.75, 3.05) is 0 Å². The van der Waals surface area contributed by atoms with Crippen molar-refractivity contribution >= 4 is 16.7 Å². The van der Waals surface area contributed by atoms with Crippen LogP contribution in [0.1, 0.15) is 54.3 Å². The van der Waals surface area contributed by atoms with Crippen molar-refractivity contribution in [2.45, 2.75) is 45.6 Å². The Morgan fingerprint density at radius 2 is 1.95 bits per heavy atom. The van der Waals surface area contributed by atoms with Gasteiger partial charge in [0.1, 0.15) is 0 Å². The number of aryl methyl sites for hydroxylation is 1. The van der Waals surface area contributed by atoms with Crippen LogP contribution in [-0.2, 0) is 12.8 Å². The molecule has 0 fully saturated rings. The topological polar surface area (TPSA) is 22.0 Å². The maximum absolute atomic E-state index is 12.5. The van der Waals surface area contributed by atoms with E-state index in [0.29, 0.717) is 11.8 Å². The Labute approximate surface area is 113 Å². The first-order valence-corrected chi connectivity index (χ1v) is 7.39. The number of ketones is 1. The van der Waals surface area contributed by atoms with Crippen LogP contribution in [0.25, 0.3) is 10.9 Å². The molecule has 1 aliphatic carbocycles. The largest absolute Gasteiger partial charge is 0.340 e. The minimum atomic E-state index is 0.0940. The summed E-state index contributed by atoms with van der Waals surface area (Å²) >= 11 is 0. The van der Waals surface area contributed by atoms with Gasteiger partial charge in [-0.1, -0.05) is 19.1 Å². The molecule has 2 heterocycles. The Morgan fingerprint density at radius 1 is 1.16 bits per heavy atom. The normalized spacial score (nSPS) is 25.7. The first-order valence-electron chi connectivity index (χ1n) is 7.39. The molecule has 2 nitrogen and oxygen atoms in total. The standard InChI is InChI=1S/C17H19NO/c1-10-11(2)18-15-9-4-3-6-12(15)13-7-5-8-14(16(13)18)17(10)19/h5,7-8,10-11H,3-4,6,9H2,1-2H3. The Kier molecular flexibility index (Phi) is 2.21. The highest BCUT2D eigenvalue weighted by molar-refractivity contribution is 6.10. The average molecular weight is 253 g/mol. The summed E-state index contributed by atoms with van der Waals surface area (Å²) in [5.41, 5.74) is 5.17. The van der Waals surface area contributed by atoms with Crippen molar-refractivity contribution in [2.24, 2.45) is 5.92 Å². The first-order chi connectivity index (χ1) is 9.20. The molecule has 0 spiro atoms. The third kappa shape index (κ3) is 1.29. The van der Waals surface area contributed by atoms with Gasteiger partial charge in [0.05, 0.1) is 5.52 Å². The molecular weight excluding hydrogens is 234 g/mol. The van der Waals surface area contributed by atoms with Crippen molar-refractivity contribution in [3.63, 3.8) is 0 Å². The summed E-state index contributed by atoms with van der Waals surface area (Å²) in [5.74, 6) is 0.414. The summed E-state index contributed by atoms with van der Waals surface area (Å²) in [4.78, 5) is 12.5. The summed E-state index contributed by atoms with van der Waals surface area (Å²) in [6, 6.07) is 6.56. The van der Waals surface area contributed by atoms with Crippen LogP contribution in [0.4, 0.5) is 0 Å². The van der Waals surface area contributed by atoms with Crippen LogP contribution in [0.5, 0.6) is 0 Å². The predicted octanol–water partition coefficient (Wildman–Crippen LogP) is 3.91. The fourth-order valence-corrected chi connectivity index (χ4v) is 3.96. The molecule has 98 valence electrons. The highest BCUT2D eigenvalue weighted by Crippen LogP contribution is 2.41. The van der Waals surface area contributed by atoms with Crippen molar-refractivity contribution in [1.29, 1.82) is 0 Å². The lowest BCUT2D eigenvalue weighted by molar-refractivity contribution is 0.0888. The fraction of sp³-hybridized carbons (Fsp3) is 0.471. The fourth-order valence-electron chi connectivity index (χ4n) is 3.96. The van der Waals surface area contributed by atoms with E-state index in [2.05, 4.69) is 30.5 Å². The summed E-state index contributed by atoms with van der Waals surface area (Å²) in [6.45, 7) is 4.27. The quantitative estimate of drug-likeness (QED) is 0.697. The summed E-state index contributed by atoms with van der Waals surface area (Å²) in [7, 11) is 0. The third-order valence-electron chi connectivity index (χ3n) is 5.14. The maximum Gasteiger partial charge on any atom is 0.169 e. The second-order valence-electron chi connectivity index (χ2n) is 6.10. The lowest BCUT2D eigenvalue weighted by Crippen LogP contribution is -2.29. The van der Waals surface area contributed by atoms with Crippen LogP contribution in [0.15, 0.2) is 18.2 Å². The molecule has 0 saturated heterocycles. The van der Waals surface area contributed by atoms with Crippen LogP contribution in [0.3, 0.4) is 0 Å². The van der Waals surface area contributed by atoms with Gasteiger partial charge in [0.25, 0.3) is 0 Å². The smallest absolute Gasteiger partial charge is 0.169 e. The van der Waals surface area contributed by atoms with E-state index < -0.39 is 0 Å². The van der Waals surface area contributed by atoms with E-state index in [0.717, 1.165) is 5.56 Å². The van der Waals surface area contributed by atoms with E-state index in [1.54, 1.807) is 0 Å². The number of rotatable bonds is 0. The molecule has 1 aromatic heterocycles. The number of benzene rings is 1. The second kappa shape index (κ2) is 3.72. The lowest BCUT2D eigenvalue weighted by Gasteiger charge is -2.30. The Bertz CT molecular complexity index is 695. The molecule has 0 radical (unpaired) electrons. The zero-order valence-corrected chi connectivity index (χ0v) is 11.6. The van der Waals surface area contributed by atoms with E-state index in [4.69, 9.17) is 0 Å². The van der Waals surface area contributed by atoms with Gasteiger partial charge in [0.2, 0.25) is 0 Å². The zero-order chi connectivity index (χ0) is 13.1. The summed E-state index contributed by atoms with van der Waals surface area (Å²) < 4.78 is 2.48. The highest BCUT2D eigenvalue weighted by atomic mass is 16.1. The summed E-state index contributed by atoms with van der Waals surface area (Å²) in [5, 5.41) is 1.33. The minimum absolute atomic E-state index is 0.0940. The van der Waals surface area contributed by atoms with Crippen LogP contribution in [0.2, 0.25) is 0 Å². The molecule has 0 amide bonds. The molecule has 1 aromatic carbocycles. The molecule has 4 rings (SSSR count). The van der Waals surface area contributed by atoms with E-state index in [-0.39, 0.29) is 5.92 Å². The maximum atomic E-state index is 12.5. The Hall–Kier alpha value is -1.57.